The van der Waals surface area contributed by atoms with Crippen LogP contribution >= 0.6 is 11.3 Å². The average molecular weight is 312 g/mol. The molecular formula is C16H16N4OS. The second-order valence-corrected chi connectivity index (χ2v) is 5.60. The number of carbonyl (C=O) groups excluding carboxylic acids is 1. The molecule has 22 heavy (non-hydrogen) atoms. The molecule has 0 radical (unpaired) electrons. The van der Waals surface area contributed by atoms with Crippen molar-refractivity contribution in [1.29, 1.82) is 0 Å². The van der Waals surface area contributed by atoms with Crippen molar-refractivity contribution in [2.75, 3.05) is 11.9 Å². The minimum Gasteiger partial charge on any atom is -0.381 e. The van der Waals surface area contributed by atoms with Gasteiger partial charge in [-0.3, -0.25) is 9.20 Å². The van der Waals surface area contributed by atoms with Gasteiger partial charge in [-0.05, 0) is 12.1 Å². The molecule has 0 spiro atoms. The third-order valence-corrected chi connectivity index (χ3v) is 3.95. The summed E-state index contributed by atoms with van der Waals surface area (Å²) in [5.41, 5.74) is 2.26. The predicted molar refractivity (Wildman–Crippen MR) is 89.4 cm³/mol. The molecule has 2 aromatic heterocycles. The van der Waals surface area contributed by atoms with Gasteiger partial charge < -0.3 is 10.6 Å². The van der Waals surface area contributed by atoms with E-state index < -0.39 is 0 Å². The monoisotopic (exact) mass is 312 g/mol. The number of nitrogens with one attached hydrogen (secondary N) is 2. The average Bonchev–Trinajstić information content (AvgIpc) is 3.12. The molecule has 0 aliphatic rings. The van der Waals surface area contributed by atoms with E-state index >= 15 is 0 Å². The number of aromatic nitrogens is 2. The van der Waals surface area contributed by atoms with Crippen LogP contribution < -0.4 is 10.6 Å². The van der Waals surface area contributed by atoms with Crippen LogP contribution in [0.2, 0.25) is 0 Å². The molecule has 0 bridgehead atoms. The minimum atomic E-state index is -0.122. The Labute approximate surface area is 132 Å². The zero-order valence-corrected chi connectivity index (χ0v) is 12.8. The number of fused-ring (bicyclic) bond motifs is 1. The van der Waals surface area contributed by atoms with E-state index in [-0.39, 0.29) is 5.91 Å². The van der Waals surface area contributed by atoms with Crippen LogP contribution in [-0.2, 0) is 6.54 Å². The van der Waals surface area contributed by atoms with Crippen LogP contribution in [0, 0.1) is 0 Å². The highest BCUT2D eigenvalue weighted by molar-refractivity contribution is 7.15. The predicted octanol–water partition coefficient (Wildman–Crippen LogP) is 2.92. The van der Waals surface area contributed by atoms with Crippen molar-refractivity contribution < 1.29 is 4.79 Å². The summed E-state index contributed by atoms with van der Waals surface area (Å²) in [5, 5.41) is 8.05. The summed E-state index contributed by atoms with van der Waals surface area (Å²) in [6, 6.07) is 7.42. The Hall–Kier alpha value is -2.60. The van der Waals surface area contributed by atoms with Gasteiger partial charge in [0.25, 0.3) is 5.91 Å². The first-order chi connectivity index (χ1) is 10.8. The van der Waals surface area contributed by atoms with E-state index in [0.29, 0.717) is 18.7 Å². The van der Waals surface area contributed by atoms with Crippen molar-refractivity contribution in [3.05, 3.63) is 66.0 Å². The maximum absolute atomic E-state index is 12.3. The maximum atomic E-state index is 12.3. The molecule has 2 heterocycles. The first-order valence-electron chi connectivity index (χ1n) is 6.91. The number of rotatable bonds is 6. The van der Waals surface area contributed by atoms with E-state index in [9.17, 15) is 4.79 Å². The fraction of sp³-hybridized carbons (Fsp3) is 0.125. The van der Waals surface area contributed by atoms with Crippen molar-refractivity contribution in [2.45, 2.75) is 6.54 Å². The van der Waals surface area contributed by atoms with Gasteiger partial charge in [-0.15, -0.1) is 17.9 Å². The van der Waals surface area contributed by atoms with E-state index in [4.69, 9.17) is 0 Å². The van der Waals surface area contributed by atoms with Crippen molar-refractivity contribution in [2.24, 2.45) is 0 Å². The first-order valence-corrected chi connectivity index (χ1v) is 7.79. The van der Waals surface area contributed by atoms with Gasteiger partial charge in [0.05, 0.1) is 17.8 Å². The molecule has 0 saturated heterocycles. The van der Waals surface area contributed by atoms with Crippen molar-refractivity contribution >= 4 is 27.9 Å². The number of carbonyl (C=O) groups is 1. The lowest BCUT2D eigenvalue weighted by Crippen LogP contribution is -2.24. The summed E-state index contributed by atoms with van der Waals surface area (Å²) >= 11 is 1.57. The Morgan fingerprint density at radius 3 is 3.09 bits per heavy atom. The van der Waals surface area contributed by atoms with Gasteiger partial charge in [-0.1, -0.05) is 18.2 Å². The van der Waals surface area contributed by atoms with Gasteiger partial charge in [0.2, 0.25) is 0 Å². The number of anilines is 1. The largest absolute Gasteiger partial charge is 0.381 e. The molecule has 1 amide bonds. The summed E-state index contributed by atoms with van der Waals surface area (Å²) in [4.78, 5) is 17.7. The van der Waals surface area contributed by atoms with Crippen LogP contribution in [0.4, 0.5) is 5.69 Å². The highest BCUT2D eigenvalue weighted by Crippen LogP contribution is 2.15. The lowest BCUT2D eigenvalue weighted by molar-refractivity contribution is 0.0951. The number of benzene rings is 1. The van der Waals surface area contributed by atoms with Gasteiger partial charge in [-0.2, -0.15) is 0 Å². The number of hydrogen-bond acceptors (Lipinski definition) is 4. The molecule has 0 unspecified atom stereocenters. The molecule has 0 atom stereocenters. The van der Waals surface area contributed by atoms with E-state index in [1.54, 1.807) is 23.5 Å². The van der Waals surface area contributed by atoms with Gasteiger partial charge in [0, 0.05) is 30.0 Å². The number of nitrogens with zero attached hydrogens (tertiary/aromatic N) is 2. The summed E-state index contributed by atoms with van der Waals surface area (Å²) < 4.78 is 1.95. The molecule has 3 rings (SSSR count). The smallest absolute Gasteiger partial charge is 0.253 e. The molecule has 2 N–H and O–H groups in total. The number of hydrogen-bond donors (Lipinski definition) is 2. The van der Waals surface area contributed by atoms with E-state index in [2.05, 4.69) is 22.2 Å². The lowest BCUT2D eigenvalue weighted by Gasteiger charge is -2.10. The van der Waals surface area contributed by atoms with Crippen LogP contribution in [0.3, 0.4) is 0 Å². The summed E-state index contributed by atoms with van der Waals surface area (Å²) in [7, 11) is 0. The molecule has 1 aromatic carbocycles. The number of amides is 1. The van der Waals surface area contributed by atoms with Crippen LogP contribution in [0.1, 0.15) is 16.1 Å². The maximum Gasteiger partial charge on any atom is 0.253 e. The Balaban J connectivity index is 1.69. The molecule has 0 saturated carbocycles. The fourth-order valence-corrected chi connectivity index (χ4v) is 2.86. The third-order valence-electron chi connectivity index (χ3n) is 3.18. The Morgan fingerprint density at radius 2 is 2.27 bits per heavy atom. The highest BCUT2D eigenvalue weighted by atomic mass is 32.1. The fourth-order valence-electron chi connectivity index (χ4n) is 2.14. The molecule has 0 fully saturated rings. The van der Waals surface area contributed by atoms with Crippen molar-refractivity contribution in [3.63, 3.8) is 0 Å². The van der Waals surface area contributed by atoms with Crippen LogP contribution in [0.15, 0.2) is 54.7 Å². The number of imidazole rings is 1. The second kappa shape index (κ2) is 6.44. The molecule has 0 aliphatic carbocycles. The second-order valence-electron chi connectivity index (χ2n) is 4.72. The quantitative estimate of drug-likeness (QED) is 0.688. The Bertz CT molecular complexity index is 777. The Morgan fingerprint density at radius 1 is 1.41 bits per heavy atom. The normalized spacial score (nSPS) is 10.5. The molecule has 112 valence electrons. The minimum absolute atomic E-state index is 0.122. The molecular weight excluding hydrogens is 296 g/mol. The lowest BCUT2D eigenvalue weighted by atomic mass is 10.1. The van der Waals surface area contributed by atoms with E-state index in [1.165, 1.54) is 0 Å². The van der Waals surface area contributed by atoms with Crippen molar-refractivity contribution in [1.82, 2.24) is 14.7 Å². The van der Waals surface area contributed by atoms with Gasteiger partial charge >= 0.3 is 0 Å². The van der Waals surface area contributed by atoms with Crippen LogP contribution in [0.5, 0.6) is 0 Å². The number of para-hydroxylation sites is 1. The summed E-state index contributed by atoms with van der Waals surface area (Å²) in [6.45, 7) is 4.69. The Kier molecular flexibility index (Phi) is 4.20. The highest BCUT2D eigenvalue weighted by Gasteiger charge is 2.11. The van der Waals surface area contributed by atoms with Gasteiger partial charge in [0.1, 0.15) is 0 Å². The zero-order valence-electron chi connectivity index (χ0n) is 12.0. The van der Waals surface area contributed by atoms with Gasteiger partial charge in [-0.25, -0.2) is 4.98 Å². The van der Waals surface area contributed by atoms with E-state index in [1.807, 2.05) is 40.4 Å². The SMILES string of the molecule is C=CCNc1ccccc1C(=O)NCc1cn2ccsc2n1. The third kappa shape index (κ3) is 3.01. The molecule has 5 nitrogen and oxygen atoms in total. The molecule has 0 aliphatic heterocycles. The molecule has 6 heteroatoms. The molecule has 3 aromatic rings. The topological polar surface area (TPSA) is 58.4 Å². The standard InChI is InChI=1S/C16H16N4OS/c1-2-7-17-14-6-4-3-5-13(14)15(21)18-10-12-11-20-8-9-22-16(20)19-12/h2-6,8-9,11,17H,1,7,10H2,(H,18,21). The first kappa shape index (κ1) is 14.3. The zero-order chi connectivity index (χ0) is 15.4. The van der Waals surface area contributed by atoms with Crippen LogP contribution in [-0.4, -0.2) is 21.8 Å². The van der Waals surface area contributed by atoms with Gasteiger partial charge in [0.15, 0.2) is 4.96 Å². The van der Waals surface area contributed by atoms with Crippen LogP contribution in [0.25, 0.3) is 4.96 Å². The van der Waals surface area contributed by atoms with Crippen molar-refractivity contribution in [3.8, 4) is 0 Å². The summed E-state index contributed by atoms with van der Waals surface area (Å²) in [6.07, 6.45) is 5.63. The number of thiazole rings is 1. The summed E-state index contributed by atoms with van der Waals surface area (Å²) in [5.74, 6) is -0.122. The van der Waals surface area contributed by atoms with E-state index in [0.717, 1.165) is 16.3 Å².